The highest BCUT2D eigenvalue weighted by molar-refractivity contribution is 9.10. The molecule has 1 aromatic heterocycles. The van der Waals surface area contributed by atoms with Crippen LogP contribution in [-0.4, -0.2) is 4.98 Å². The van der Waals surface area contributed by atoms with Crippen LogP contribution in [-0.2, 0) is 0 Å². The third kappa shape index (κ3) is 2.18. The fourth-order valence-corrected chi connectivity index (χ4v) is 2.17. The number of aryl methyl sites for hydroxylation is 2. The number of benzene rings is 1. The van der Waals surface area contributed by atoms with E-state index in [9.17, 15) is 0 Å². The van der Waals surface area contributed by atoms with Gasteiger partial charge in [0.2, 0.25) is 0 Å². The van der Waals surface area contributed by atoms with Gasteiger partial charge in [0.15, 0.2) is 0 Å². The maximum Gasteiger partial charge on any atom is 0.0600 e. The van der Waals surface area contributed by atoms with Crippen molar-refractivity contribution >= 4 is 26.8 Å². The molecule has 2 aromatic rings. The number of nitrogens with one attached hydrogen (secondary N) is 1. The van der Waals surface area contributed by atoms with Crippen molar-refractivity contribution in [3.63, 3.8) is 0 Å². The summed E-state index contributed by atoms with van der Waals surface area (Å²) in [6.45, 7) is 8.17. The predicted octanol–water partition coefficient (Wildman–Crippen LogP) is 4.57. The molecule has 0 fully saturated rings. The van der Waals surface area contributed by atoms with Crippen LogP contribution in [0.2, 0.25) is 0 Å². The Morgan fingerprint density at radius 1 is 1.07 bits per heavy atom. The molecule has 1 nitrogen and oxygen atoms in total. The summed E-state index contributed by atoms with van der Waals surface area (Å²) in [4.78, 5) is 3.31. The highest BCUT2D eigenvalue weighted by Crippen LogP contribution is 2.25. The quantitative estimate of drug-likeness (QED) is 0.708. The van der Waals surface area contributed by atoms with Gasteiger partial charge in [-0.2, -0.15) is 0 Å². The monoisotopic (exact) mass is 253 g/mol. The Balaban J connectivity index is 0.000000461. The normalized spacial score (nSPS) is 9.79. The van der Waals surface area contributed by atoms with E-state index >= 15 is 0 Å². The van der Waals surface area contributed by atoms with E-state index in [0.29, 0.717) is 0 Å². The van der Waals surface area contributed by atoms with Gasteiger partial charge in [-0.05, 0) is 53.5 Å². The Hall–Kier alpha value is -0.760. The van der Waals surface area contributed by atoms with Crippen LogP contribution in [0.1, 0.15) is 25.1 Å². The molecule has 0 amide bonds. The summed E-state index contributed by atoms with van der Waals surface area (Å²) in [6.07, 6.45) is 0. The molecule has 0 saturated heterocycles. The van der Waals surface area contributed by atoms with Crippen molar-refractivity contribution in [3.05, 3.63) is 33.9 Å². The topological polar surface area (TPSA) is 15.8 Å². The lowest BCUT2D eigenvalue weighted by Gasteiger charge is -1.96. The van der Waals surface area contributed by atoms with Gasteiger partial charge in [0.1, 0.15) is 0 Å². The van der Waals surface area contributed by atoms with Crippen molar-refractivity contribution in [2.45, 2.75) is 27.7 Å². The standard InChI is InChI=1S/C10H10BrN.C2H6/c1-6-3-8-5-7(2)12-10(8)9(11)4-6;1-2/h3-5,12H,1-2H3;1-2H3. The largest absolute Gasteiger partial charge is 0.358 e. The molecule has 76 valence electrons. The molecule has 0 aliphatic carbocycles. The van der Waals surface area contributed by atoms with Gasteiger partial charge in [0.25, 0.3) is 0 Å². The van der Waals surface area contributed by atoms with E-state index in [-0.39, 0.29) is 0 Å². The molecule has 14 heavy (non-hydrogen) atoms. The number of rotatable bonds is 0. The van der Waals surface area contributed by atoms with Crippen LogP contribution in [0.15, 0.2) is 22.7 Å². The number of aromatic amines is 1. The zero-order chi connectivity index (χ0) is 10.7. The molecule has 0 unspecified atom stereocenters. The molecule has 0 saturated carbocycles. The minimum Gasteiger partial charge on any atom is -0.358 e. The van der Waals surface area contributed by atoms with Crippen LogP contribution < -0.4 is 0 Å². The summed E-state index contributed by atoms with van der Waals surface area (Å²) in [5.41, 5.74) is 3.68. The molecule has 1 aromatic carbocycles. The average Bonchev–Trinajstić information content (AvgIpc) is 2.49. The first-order chi connectivity index (χ1) is 6.66. The van der Waals surface area contributed by atoms with E-state index < -0.39 is 0 Å². The van der Waals surface area contributed by atoms with Crippen molar-refractivity contribution in [2.24, 2.45) is 0 Å². The van der Waals surface area contributed by atoms with E-state index in [1.807, 2.05) is 13.8 Å². The zero-order valence-electron chi connectivity index (χ0n) is 9.11. The van der Waals surface area contributed by atoms with Gasteiger partial charge in [-0.1, -0.05) is 13.8 Å². The fourth-order valence-electron chi connectivity index (χ4n) is 1.48. The van der Waals surface area contributed by atoms with Crippen LogP contribution >= 0.6 is 15.9 Å². The lowest BCUT2D eigenvalue weighted by atomic mass is 10.2. The molecule has 0 spiro atoms. The minimum absolute atomic E-state index is 1.14. The van der Waals surface area contributed by atoms with Crippen molar-refractivity contribution in [1.29, 1.82) is 0 Å². The van der Waals surface area contributed by atoms with Crippen molar-refractivity contribution in [1.82, 2.24) is 4.98 Å². The smallest absolute Gasteiger partial charge is 0.0600 e. The van der Waals surface area contributed by atoms with Crippen molar-refractivity contribution in [3.8, 4) is 0 Å². The zero-order valence-corrected chi connectivity index (χ0v) is 10.7. The summed E-state index contributed by atoms with van der Waals surface area (Å²) < 4.78 is 1.14. The predicted molar refractivity (Wildman–Crippen MR) is 66.8 cm³/mol. The Kier molecular flexibility index (Phi) is 3.76. The van der Waals surface area contributed by atoms with Gasteiger partial charge < -0.3 is 4.98 Å². The van der Waals surface area contributed by atoms with Gasteiger partial charge in [-0.3, -0.25) is 0 Å². The van der Waals surface area contributed by atoms with Crippen molar-refractivity contribution in [2.75, 3.05) is 0 Å². The van der Waals surface area contributed by atoms with Crippen LogP contribution in [0.4, 0.5) is 0 Å². The van der Waals surface area contributed by atoms with E-state index in [1.165, 1.54) is 22.2 Å². The first-order valence-electron chi connectivity index (χ1n) is 4.92. The number of H-pyrrole nitrogens is 1. The lowest BCUT2D eigenvalue weighted by molar-refractivity contribution is 1.30. The second-order valence-corrected chi connectivity index (χ2v) is 4.02. The summed E-state index contributed by atoms with van der Waals surface area (Å²) in [7, 11) is 0. The van der Waals surface area contributed by atoms with E-state index in [4.69, 9.17) is 0 Å². The SMILES string of the molecule is CC.Cc1cc(Br)c2[nH]c(C)cc2c1. The van der Waals surface area contributed by atoms with Gasteiger partial charge in [0, 0.05) is 15.6 Å². The highest BCUT2D eigenvalue weighted by atomic mass is 79.9. The molecule has 0 bridgehead atoms. The molecule has 2 heteroatoms. The van der Waals surface area contributed by atoms with Crippen LogP contribution in [0.3, 0.4) is 0 Å². The molecule has 0 aliphatic heterocycles. The number of hydrogen-bond acceptors (Lipinski definition) is 0. The molecular formula is C12H16BrN. The van der Waals surface area contributed by atoms with Crippen molar-refractivity contribution < 1.29 is 0 Å². The molecule has 1 N–H and O–H groups in total. The lowest BCUT2D eigenvalue weighted by Crippen LogP contribution is -1.74. The molecule has 1 heterocycles. The van der Waals surface area contributed by atoms with E-state index in [0.717, 1.165) is 4.47 Å². The molecule has 2 rings (SSSR count). The van der Waals surface area contributed by atoms with E-state index in [1.54, 1.807) is 0 Å². The Labute approximate surface area is 93.7 Å². The third-order valence-corrected chi connectivity index (χ3v) is 2.58. The summed E-state index contributed by atoms with van der Waals surface area (Å²) >= 11 is 3.53. The number of halogens is 1. The number of fused-ring (bicyclic) bond motifs is 1. The van der Waals surface area contributed by atoms with Gasteiger partial charge in [0.05, 0.1) is 5.52 Å². The summed E-state index contributed by atoms with van der Waals surface area (Å²) in [5, 5.41) is 1.28. The molecular weight excluding hydrogens is 238 g/mol. The van der Waals surface area contributed by atoms with Gasteiger partial charge in [-0.25, -0.2) is 0 Å². The Morgan fingerprint density at radius 3 is 2.36 bits per heavy atom. The summed E-state index contributed by atoms with van der Waals surface area (Å²) in [5.74, 6) is 0. The Morgan fingerprint density at radius 2 is 1.71 bits per heavy atom. The van der Waals surface area contributed by atoms with Gasteiger partial charge >= 0.3 is 0 Å². The molecule has 0 aliphatic rings. The summed E-state index contributed by atoms with van der Waals surface area (Å²) in [6, 6.07) is 6.47. The minimum atomic E-state index is 1.14. The highest BCUT2D eigenvalue weighted by Gasteiger charge is 2.01. The van der Waals surface area contributed by atoms with Crippen LogP contribution in [0, 0.1) is 13.8 Å². The second kappa shape index (κ2) is 4.65. The molecule has 0 atom stereocenters. The maximum atomic E-state index is 3.53. The second-order valence-electron chi connectivity index (χ2n) is 3.16. The fraction of sp³-hybridized carbons (Fsp3) is 0.333. The van der Waals surface area contributed by atoms with Crippen LogP contribution in [0.5, 0.6) is 0 Å². The maximum absolute atomic E-state index is 3.53. The first-order valence-corrected chi connectivity index (χ1v) is 5.71. The van der Waals surface area contributed by atoms with Crippen LogP contribution in [0.25, 0.3) is 10.9 Å². The number of aromatic nitrogens is 1. The van der Waals surface area contributed by atoms with E-state index in [2.05, 4.69) is 53.0 Å². The molecule has 0 radical (unpaired) electrons. The van der Waals surface area contributed by atoms with Gasteiger partial charge in [-0.15, -0.1) is 0 Å². The number of hydrogen-bond donors (Lipinski definition) is 1. The first kappa shape index (κ1) is 11.3. The average molecular weight is 254 g/mol. The third-order valence-electron chi connectivity index (χ3n) is 1.96. The Bertz CT molecular complexity index is 429.